The van der Waals surface area contributed by atoms with Crippen molar-refractivity contribution in [2.45, 2.75) is 51.9 Å². The number of ketones is 1. The molecule has 0 bridgehead atoms. The van der Waals surface area contributed by atoms with Gasteiger partial charge in [0, 0.05) is 5.56 Å². The zero-order valence-corrected chi connectivity index (χ0v) is 12.9. The van der Waals surface area contributed by atoms with E-state index < -0.39 is 8.32 Å². The molecule has 1 aromatic rings. The predicted octanol–water partition coefficient (Wildman–Crippen LogP) is 4.28. The van der Waals surface area contributed by atoms with Crippen LogP contribution in [0.1, 0.15) is 38.1 Å². The van der Waals surface area contributed by atoms with E-state index in [0.717, 1.165) is 23.7 Å². The zero-order valence-electron chi connectivity index (χ0n) is 11.9. The Hall–Kier alpha value is -0.933. The highest BCUT2D eigenvalue weighted by molar-refractivity contribution is 6.73. The molecule has 0 saturated carbocycles. The quantitative estimate of drug-likeness (QED) is 0.543. The summed E-state index contributed by atoms with van der Waals surface area (Å²) >= 11 is 0. The Bertz CT molecular complexity index is 363. The van der Waals surface area contributed by atoms with Gasteiger partial charge in [0.25, 0.3) is 0 Å². The summed E-state index contributed by atoms with van der Waals surface area (Å²) in [6.45, 7) is 8.43. The average molecular weight is 264 g/mol. The van der Waals surface area contributed by atoms with E-state index in [1.54, 1.807) is 0 Å². The van der Waals surface area contributed by atoms with Crippen molar-refractivity contribution >= 4 is 14.1 Å². The summed E-state index contributed by atoms with van der Waals surface area (Å²) in [4.78, 5) is 12.3. The fourth-order valence-corrected chi connectivity index (χ4v) is 5.12. The molecule has 0 fully saturated rings. The number of benzene rings is 1. The predicted molar refractivity (Wildman–Crippen MR) is 78.5 cm³/mol. The molecule has 1 aromatic carbocycles. The Kier molecular flexibility index (Phi) is 5.76. The molecular weight excluding hydrogens is 240 g/mol. The van der Waals surface area contributed by atoms with E-state index in [0.29, 0.717) is 0 Å². The fourth-order valence-electron chi connectivity index (χ4n) is 2.27. The third-order valence-electron chi connectivity index (χ3n) is 3.79. The summed E-state index contributed by atoms with van der Waals surface area (Å²) < 4.78 is 6.19. The Morgan fingerprint density at radius 1 is 1.11 bits per heavy atom. The Morgan fingerprint density at radius 3 is 2.06 bits per heavy atom. The Balaban J connectivity index is 2.76. The number of hydrogen-bond donors (Lipinski definition) is 0. The van der Waals surface area contributed by atoms with Crippen molar-refractivity contribution in [1.29, 1.82) is 0 Å². The maximum Gasteiger partial charge on any atom is 0.193 e. The van der Waals surface area contributed by atoms with Gasteiger partial charge in [0.1, 0.15) is 6.10 Å². The first-order valence-corrected chi connectivity index (χ1v) is 9.38. The van der Waals surface area contributed by atoms with E-state index in [9.17, 15) is 4.79 Å². The van der Waals surface area contributed by atoms with Gasteiger partial charge in [-0.25, -0.2) is 0 Å². The highest BCUT2D eigenvalue weighted by Gasteiger charge is 2.32. The van der Waals surface area contributed by atoms with Crippen LogP contribution < -0.4 is 0 Å². The van der Waals surface area contributed by atoms with Crippen LogP contribution in [0.3, 0.4) is 0 Å². The van der Waals surface area contributed by atoms with Gasteiger partial charge >= 0.3 is 0 Å². The normalized spacial score (nSPS) is 13.3. The van der Waals surface area contributed by atoms with Crippen LogP contribution in [0.5, 0.6) is 0 Å². The van der Waals surface area contributed by atoms with Crippen LogP contribution in [0.2, 0.25) is 18.1 Å². The number of Topliss-reactive ketones (excluding diaryl/α,β-unsaturated/α-hetero) is 1. The van der Waals surface area contributed by atoms with E-state index in [1.807, 2.05) is 37.3 Å². The topological polar surface area (TPSA) is 26.3 Å². The molecule has 1 unspecified atom stereocenters. The fraction of sp³-hybridized carbons (Fsp3) is 0.533. The molecule has 0 radical (unpaired) electrons. The van der Waals surface area contributed by atoms with E-state index in [-0.39, 0.29) is 11.9 Å². The van der Waals surface area contributed by atoms with Crippen molar-refractivity contribution in [1.82, 2.24) is 0 Å². The van der Waals surface area contributed by atoms with Crippen molar-refractivity contribution < 1.29 is 9.22 Å². The molecule has 1 rings (SSSR count). The van der Waals surface area contributed by atoms with Gasteiger partial charge in [-0.05, 0) is 25.1 Å². The number of carbonyl (C=O) groups is 1. The first-order valence-electron chi connectivity index (χ1n) is 6.85. The lowest BCUT2D eigenvalue weighted by atomic mass is 10.1. The highest BCUT2D eigenvalue weighted by Crippen LogP contribution is 2.24. The van der Waals surface area contributed by atoms with Crippen molar-refractivity contribution in [3.05, 3.63) is 35.9 Å². The van der Waals surface area contributed by atoms with Crippen molar-refractivity contribution in [2.75, 3.05) is 0 Å². The molecule has 0 N–H and O–H groups in total. The molecular formula is C15H24O2Si. The second-order valence-corrected chi connectivity index (χ2v) is 9.46. The number of hydrogen-bond acceptors (Lipinski definition) is 2. The van der Waals surface area contributed by atoms with Gasteiger partial charge in [-0.15, -0.1) is 0 Å². The molecule has 0 saturated heterocycles. The standard InChI is InChI=1S/C15H24O2Si/c1-5-18(6-2,7-3)17-13(4)15(16)14-11-9-8-10-12-14/h8-13H,5-7H2,1-4H3. The van der Waals surface area contributed by atoms with E-state index in [2.05, 4.69) is 20.8 Å². The van der Waals surface area contributed by atoms with Crippen LogP contribution in [0.4, 0.5) is 0 Å². The minimum atomic E-state index is -1.70. The highest BCUT2D eigenvalue weighted by atomic mass is 28.4. The first-order chi connectivity index (χ1) is 8.58. The molecule has 0 amide bonds. The van der Waals surface area contributed by atoms with Crippen molar-refractivity contribution in [2.24, 2.45) is 0 Å². The molecule has 0 aromatic heterocycles. The molecule has 100 valence electrons. The van der Waals surface area contributed by atoms with Gasteiger partial charge < -0.3 is 4.43 Å². The smallest absolute Gasteiger partial charge is 0.193 e. The maximum absolute atomic E-state index is 12.3. The number of rotatable bonds is 7. The summed E-state index contributed by atoms with van der Waals surface area (Å²) in [5.41, 5.74) is 0.746. The lowest BCUT2D eigenvalue weighted by Crippen LogP contribution is -2.41. The lowest BCUT2D eigenvalue weighted by molar-refractivity contribution is 0.0800. The number of carbonyl (C=O) groups excluding carboxylic acids is 1. The average Bonchev–Trinajstić information content (AvgIpc) is 2.45. The third kappa shape index (κ3) is 3.53. The molecule has 18 heavy (non-hydrogen) atoms. The summed E-state index contributed by atoms with van der Waals surface area (Å²) in [7, 11) is -1.70. The van der Waals surface area contributed by atoms with E-state index in [4.69, 9.17) is 4.43 Å². The minimum Gasteiger partial charge on any atom is -0.407 e. The van der Waals surface area contributed by atoms with Crippen LogP contribution in [0, 0.1) is 0 Å². The second-order valence-electron chi connectivity index (χ2n) is 4.73. The van der Waals surface area contributed by atoms with Gasteiger partial charge in [0.05, 0.1) is 0 Å². The minimum absolute atomic E-state index is 0.0998. The molecule has 1 atom stereocenters. The molecule has 0 aliphatic carbocycles. The van der Waals surface area contributed by atoms with E-state index in [1.165, 1.54) is 0 Å². The van der Waals surface area contributed by atoms with Crippen LogP contribution in [-0.2, 0) is 4.43 Å². The molecule has 0 spiro atoms. The van der Waals surface area contributed by atoms with Gasteiger partial charge in [0.2, 0.25) is 0 Å². The third-order valence-corrected chi connectivity index (χ3v) is 8.51. The molecule has 0 aliphatic heterocycles. The molecule has 3 heteroatoms. The molecule has 2 nitrogen and oxygen atoms in total. The Morgan fingerprint density at radius 2 is 1.61 bits per heavy atom. The monoisotopic (exact) mass is 264 g/mol. The molecule has 0 aliphatic rings. The summed E-state index contributed by atoms with van der Waals surface area (Å²) in [5, 5.41) is 0. The van der Waals surface area contributed by atoms with Crippen LogP contribution >= 0.6 is 0 Å². The largest absolute Gasteiger partial charge is 0.407 e. The van der Waals surface area contributed by atoms with Crippen LogP contribution in [0.25, 0.3) is 0 Å². The SMILES string of the molecule is CC[Si](CC)(CC)OC(C)C(=O)c1ccccc1. The zero-order chi connectivity index (χ0) is 13.6. The first kappa shape index (κ1) is 15.1. The second kappa shape index (κ2) is 6.85. The van der Waals surface area contributed by atoms with Crippen molar-refractivity contribution in [3.8, 4) is 0 Å². The van der Waals surface area contributed by atoms with Crippen LogP contribution in [-0.4, -0.2) is 20.2 Å². The summed E-state index contributed by atoms with van der Waals surface area (Å²) in [6, 6.07) is 12.6. The summed E-state index contributed by atoms with van der Waals surface area (Å²) in [6.07, 6.45) is -0.320. The van der Waals surface area contributed by atoms with Gasteiger partial charge in [-0.2, -0.15) is 0 Å². The maximum atomic E-state index is 12.3. The van der Waals surface area contributed by atoms with Gasteiger partial charge in [-0.1, -0.05) is 51.1 Å². The van der Waals surface area contributed by atoms with E-state index >= 15 is 0 Å². The summed E-state index contributed by atoms with van der Waals surface area (Å²) in [5.74, 6) is 0.0998. The van der Waals surface area contributed by atoms with Crippen LogP contribution in [0.15, 0.2) is 30.3 Å². The lowest BCUT2D eigenvalue weighted by Gasteiger charge is -2.31. The van der Waals surface area contributed by atoms with Gasteiger partial charge in [-0.3, -0.25) is 4.79 Å². The van der Waals surface area contributed by atoms with Crippen molar-refractivity contribution in [3.63, 3.8) is 0 Å². The Labute approximate surface area is 111 Å². The molecule has 0 heterocycles. The van der Waals surface area contributed by atoms with Gasteiger partial charge in [0.15, 0.2) is 14.1 Å².